The lowest BCUT2D eigenvalue weighted by atomic mass is 10.1. The average Bonchev–Trinajstić information content (AvgIpc) is 2.58. The van der Waals surface area contributed by atoms with Crippen LogP contribution in [0.25, 0.3) is 0 Å². The molecule has 4 nitrogen and oxygen atoms in total. The second kappa shape index (κ2) is 5.84. The summed E-state index contributed by atoms with van der Waals surface area (Å²) in [6.07, 6.45) is 9.60. The lowest BCUT2D eigenvalue weighted by Crippen LogP contribution is -2.20. The minimum absolute atomic E-state index is 0.586. The SMILES string of the molecule is CN(C)c1cc(NC2CCCCCC2)ncn1. The number of rotatable bonds is 3. The summed E-state index contributed by atoms with van der Waals surface area (Å²) in [4.78, 5) is 10.5. The van der Waals surface area contributed by atoms with Crippen LogP contribution in [0.15, 0.2) is 12.4 Å². The third kappa shape index (κ3) is 3.58. The van der Waals surface area contributed by atoms with E-state index in [-0.39, 0.29) is 0 Å². The van der Waals surface area contributed by atoms with Gasteiger partial charge in [0.05, 0.1) is 0 Å². The van der Waals surface area contributed by atoms with Crippen LogP contribution in [-0.2, 0) is 0 Å². The van der Waals surface area contributed by atoms with Crippen molar-refractivity contribution in [2.45, 2.75) is 44.6 Å². The Morgan fingerprint density at radius 1 is 1.12 bits per heavy atom. The Bertz CT molecular complexity index is 343. The van der Waals surface area contributed by atoms with E-state index in [9.17, 15) is 0 Å². The van der Waals surface area contributed by atoms with E-state index in [1.807, 2.05) is 25.1 Å². The molecule has 0 bridgehead atoms. The first-order chi connectivity index (χ1) is 8.25. The van der Waals surface area contributed by atoms with Crippen LogP contribution < -0.4 is 10.2 Å². The Labute approximate surface area is 103 Å². The van der Waals surface area contributed by atoms with E-state index in [1.165, 1.54) is 38.5 Å². The van der Waals surface area contributed by atoms with Gasteiger partial charge in [0.2, 0.25) is 0 Å². The zero-order chi connectivity index (χ0) is 12.1. The Hall–Kier alpha value is -1.32. The first-order valence-corrected chi connectivity index (χ1v) is 6.51. The standard InChI is InChI=1S/C13H22N4/c1-17(2)13-9-12(14-10-15-13)16-11-7-5-3-4-6-8-11/h9-11H,3-8H2,1-2H3,(H,14,15,16). The van der Waals surface area contributed by atoms with Crippen LogP contribution in [0.4, 0.5) is 11.6 Å². The normalized spacial score (nSPS) is 17.5. The summed E-state index contributed by atoms with van der Waals surface area (Å²) >= 11 is 0. The molecule has 1 N–H and O–H groups in total. The minimum Gasteiger partial charge on any atom is -0.367 e. The molecule has 94 valence electrons. The fraction of sp³-hybridized carbons (Fsp3) is 0.692. The van der Waals surface area contributed by atoms with Gasteiger partial charge in [-0.05, 0) is 12.8 Å². The Kier molecular flexibility index (Phi) is 4.18. The van der Waals surface area contributed by atoms with Gasteiger partial charge in [-0.15, -0.1) is 0 Å². The molecule has 0 spiro atoms. The summed E-state index contributed by atoms with van der Waals surface area (Å²) in [6, 6.07) is 2.60. The highest BCUT2D eigenvalue weighted by Crippen LogP contribution is 2.21. The van der Waals surface area contributed by atoms with Crippen LogP contribution in [0.2, 0.25) is 0 Å². The lowest BCUT2D eigenvalue weighted by Gasteiger charge is -2.18. The highest BCUT2D eigenvalue weighted by molar-refractivity contribution is 5.47. The van der Waals surface area contributed by atoms with Gasteiger partial charge >= 0.3 is 0 Å². The topological polar surface area (TPSA) is 41.0 Å². The zero-order valence-corrected chi connectivity index (χ0v) is 10.8. The van der Waals surface area contributed by atoms with Crippen molar-refractivity contribution in [2.24, 2.45) is 0 Å². The number of aromatic nitrogens is 2. The monoisotopic (exact) mass is 234 g/mol. The first kappa shape index (κ1) is 12.1. The summed E-state index contributed by atoms with van der Waals surface area (Å²) < 4.78 is 0. The van der Waals surface area contributed by atoms with Gasteiger partial charge in [-0.3, -0.25) is 0 Å². The van der Waals surface area contributed by atoms with E-state index in [1.54, 1.807) is 6.33 Å². The Morgan fingerprint density at radius 2 is 1.82 bits per heavy atom. The fourth-order valence-corrected chi connectivity index (χ4v) is 2.30. The Balaban J connectivity index is 1.99. The second-order valence-electron chi connectivity index (χ2n) is 4.99. The van der Waals surface area contributed by atoms with Gasteiger partial charge in [-0.1, -0.05) is 25.7 Å². The smallest absolute Gasteiger partial charge is 0.133 e. The maximum Gasteiger partial charge on any atom is 0.133 e. The number of hydrogen-bond donors (Lipinski definition) is 1. The van der Waals surface area contributed by atoms with Gasteiger partial charge in [0.1, 0.15) is 18.0 Å². The van der Waals surface area contributed by atoms with Crippen molar-refractivity contribution in [3.63, 3.8) is 0 Å². The molecule has 1 aliphatic carbocycles. The van der Waals surface area contributed by atoms with Crippen molar-refractivity contribution in [1.29, 1.82) is 0 Å². The van der Waals surface area contributed by atoms with Crippen LogP contribution in [0.5, 0.6) is 0 Å². The van der Waals surface area contributed by atoms with E-state index >= 15 is 0 Å². The lowest BCUT2D eigenvalue weighted by molar-refractivity contribution is 0.617. The average molecular weight is 234 g/mol. The third-order valence-corrected chi connectivity index (χ3v) is 3.32. The molecule has 17 heavy (non-hydrogen) atoms. The molecule has 0 amide bonds. The molecular formula is C13H22N4. The van der Waals surface area contributed by atoms with Crippen molar-refractivity contribution in [1.82, 2.24) is 9.97 Å². The predicted molar refractivity (Wildman–Crippen MR) is 71.5 cm³/mol. The van der Waals surface area contributed by atoms with E-state index in [0.29, 0.717) is 6.04 Å². The van der Waals surface area contributed by atoms with Gasteiger partial charge in [0.15, 0.2) is 0 Å². The summed E-state index contributed by atoms with van der Waals surface area (Å²) in [7, 11) is 4.00. The van der Waals surface area contributed by atoms with Crippen molar-refractivity contribution < 1.29 is 0 Å². The maximum atomic E-state index is 4.30. The fourth-order valence-electron chi connectivity index (χ4n) is 2.30. The number of nitrogens with zero attached hydrogens (tertiary/aromatic N) is 3. The largest absolute Gasteiger partial charge is 0.367 e. The summed E-state index contributed by atoms with van der Waals surface area (Å²) in [5.41, 5.74) is 0. The molecule has 0 saturated heterocycles. The molecule has 1 aliphatic rings. The molecule has 0 atom stereocenters. The molecule has 4 heteroatoms. The van der Waals surface area contributed by atoms with E-state index in [0.717, 1.165) is 11.6 Å². The highest BCUT2D eigenvalue weighted by atomic mass is 15.2. The minimum atomic E-state index is 0.586. The quantitative estimate of drug-likeness (QED) is 0.816. The molecule has 0 aromatic carbocycles. The molecule has 0 radical (unpaired) electrons. The van der Waals surface area contributed by atoms with E-state index < -0.39 is 0 Å². The molecule has 0 aliphatic heterocycles. The predicted octanol–water partition coefficient (Wildman–Crippen LogP) is 2.68. The number of anilines is 2. The third-order valence-electron chi connectivity index (χ3n) is 3.32. The summed E-state index contributed by atoms with van der Waals surface area (Å²) in [5, 5.41) is 3.54. The zero-order valence-electron chi connectivity index (χ0n) is 10.8. The molecule has 1 aromatic rings. The van der Waals surface area contributed by atoms with Gasteiger partial charge in [0, 0.05) is 26.2 Å². The molecule has 1 saturated carbocycles. The number of nitrogens with one attached hydrogen (secondary N) is 1. The van der Waals surface area contributed by atoms with Crippen LogP contribution >= 0.6 is 0 Å². The number of hydrogen-bond acceptors (Lipinski definition) is 4. The maximum absolute atomic E-state index is 4.30. The molecule has 1 heterocycles. The van der Waals surface area contributed by atoms with Crippen LogP contribution in [0, 0.1) is 0 Å². The summed E-state index contributed by atoms with van der Waals surface area (Å²) in [5.74, 6) is 1.91. The molecule has 2 rings (SSSR count). The second-order valence-corrected chi connectivity index (χ2v) is 4.99. The highest BCUT2D eigenvalue weighted by Gasteiger charge is 2.12. The van der Waals surface area contributed by atoms with Crippen molar-refractivity contribution in [3.05, 3.63) is 12.4 Å². The Morgan fingerprint density at radius 3 is 2.47 bits per heavy atom. The molecule has 0 unspecified atom stereocenters. The van der Waals surface area contributed by atoms with Gasteiger partial charge in [-0.25, -0.2) is 9.97 Å². The van der Waals surface area contributed by atoms with Gasteiger partial charge in [-0.2, -0.15) is 0 Å². The molecule has 1 fully saturated rings. The van der Waals surface area contributed by atoms with Gasteiger partial charge in [0.25, 0.3) is 0 Å². The summed E-state index contributed by atoms with van der Waals surface area (Å²) in [6.45, 7) is 0. The van der Waals surface area contributed by atoms with Crippen LogP contribution in [0.1, 0.15) is 38.5 Å². The molecule has 1 aromatic heterocycles. The van der Waals surface area contributed by atoms with E-state index in [4.69, 9.17) is 0 Å². The van der Waals surface area contributed by atoms with Crippen molar-refractivity contribution in [2.75, 3.05) is 24.3 Å². The molecular weight excluding hydrogens is 212 g/mol. The van der Waals surface area contributed by atoms with Crippen molar-refractivity contribution >= 4 is 11.6 Å². The van der Waals surface area contributed by atoms with Gasteiger partial charge < -0.3 is 10.2 Å². The first-order valence-electron chi connectivity index (χ1n) is 6.51. The van der Waals surface area contributed by atoms with Crippen LogP contribution in [-0.4, -0.2) is 30.1 Å². The van der Waals surface area contributed by atoms with Crippen molar-refractivity contribution in [3.8, 4) is 0 Å². The van der Waals surface area contributed by atoms with E-state index in [2.05, 4.69) is 15.3 Å². The van der Waals surface area contributed by atoms with Crippen LogP contribution in [0.3, 0.4) is 0 Å².